The number of nitrogens with zero attached hydrogens (tertiary/aromatic N) is 2. The van der Waals surface area contributed by atoms with E-state index in [1.54, 1.807) is 10.9 Å². The molecule has 126 valence electrons. The number of amides is 1. The lowest BCUT2D eigenvalue weighted by molar-refractivity contribution is -0.140. The van der Waals surface area contributed by atoms with Crippen LogP contribution in [0.25, 0.3) is 5.69 Å². The van der Waals surface area contributed by atoms with Crippen LogP contribution in [0, 0.1) is 17.3 Å². The maximum Gasteiger partial charge on any atom is 0.307 e. The Morgan fingerprint density at radius 2 is 2.04 bits per heavy atom. The fourth-order valence-corrected chi connectivity index (χ4v) is 3.33. The topological polar surface area (TPSA) is 84.2 Å². The standard InChI is InChI=1S/C18H21N3O3/c1-11(20-16(22)14-15(17(23)24)18(14,2)3)12-6-4-7-13(10-12)21-9-5-8-19-21/h4-11,14-15H,1-3H3,(H,20,22)(H,23,24)/t11?,14-,15+/m0/s1. The van der Waals surface area contributed by atoms with Crippen LogP contribution in [0.1, 0.15) is 32.4 Å². The van der Waals surface area contributed by atoms with Crippen LogP contribution in [0.3, 0.4) is 0 Å². The van der Waals surface area contributed by atoms with Crippen molar-refractivity contribution in [3.8, 4) is 5.69 Å². The number of carboxylic acids is 1. The van der Waals surface area contributed by atoms with E-state index < -0.39 is 23.2 Å². The molecule has 1 aromatic heterocycles. The lowest BCUT2D eigenvalue weighted by Crippen LogP contribution is -2.30. The van der Waals surface area contributed by atoms with Gasteiger partial charge in [0, 0.05) is 12.4 Å². The first-order valence-electron chi connectivity index (χ1n) is 7.95. The van der Waals surface area contributed by atoms with E-state index in [9.17, 15) is 14.7 Å². The highest BCUT2D eigenvalue weighted by Gasteiger charge is 2.65. The van der Waals surface area contributed by atoms with Gasteiger partial charge in [-0.2, -0.15) is 5.10 Å². The first kappa shape index (κ1) is 16.2. The average Bonchev–Trinajstić information content (AvgIpc) is 2.90. The molecule has 1 aliphatic rings. The molecule has 1 unspecified atom stereocenters. The van der Waals surface area contributed by atoms with Gasteiger partial charge in [-0.3, -0.25) is 9.59 Å². The third kappa shape index (κ3) is 2.79. The second-order valence-corrected chi connectivity index (χ2v) is 6.89. The van der Waals surface area contributed by atoms with E-state index in [1.165, 1.54) is 0 Å². The summed E-state index contributed by atoms with van der Waals surface area (Å²) in [5, 5.41) is 16.3. The van der Waals surface area contributed by atoms with Gasteiger partial charge in [0.15, 0.2) is 0 Å². The number of nitrogens with one attached hydrogen (secondary N) is 1. The minimum Gasteiger partial charge on any atom is -0.481 e. The molecule has 6 heteroatoms. The molecule has 3 atom stereocenters. The highest BCUT2D eigenvalue weighted by molar-refractivity contribution is 5.91. The van der Waals surface area contributed by atoms with Crippen molar-refractivity contribution in [3.05, 3.63) is 48.3 Å². The summed E-state index contributed by atoms with van der Waals surface area (Å²) in [5.74, 6) is -2.20. The van der Waals surface area contributed by atoms with Crippen LogP contribution in [-0.2, 0) is 9.59 Å². The summed E-state index contributed by atoms with van der Waals surface area (Å²) in [4.78, 5) is 23.7. The number of hydrogen-bond acceptors (Lipinski definition) is 3. The van der Waals surface area contributed by atoms with E-state index in [2.05, 4.69) is 10.4 Å². The molecule has 1 aromatic carbocycles. The molecule has 2 N–H and O–H groups in total. The number of rotatable bonds is 5. The quantitative estimate of drug-likeness (QED) is 0.883. The number of carbonyl (C=O) groups excluding carboxylic acids is 1. The van der Waals surface area contributed by atoms with Gasteiger partial charge in [-0.05, 0) is 36.1 Å². The fourth-order valence-electron chi connectivity index (χ4n) is 3.33. The van der Waals surface area contributed by atoms with Crippen LogP contribution >= 0.6 is 0 Å². The van der Waals surface area contributed by atoms with Crippen LogP contribution in [-0.4, -0.2) is 26.8 Å². The van der Waals surface area contributed by atoms with E-state index in [4.69, 9.17) is 0 Å². The maximum atomic E-state index is 12.4. The van der Waals surface area contributed by atoms with E-state index >= 15 is 0 Å². The molecule has 1 heterocycles. The van der Waals surface area contributed by atoms with Crippen LogP contribution in [0.4, 0.5) is 0 Å². The zero-order valence-electron chi connectivity index (χ0n) is 13.9. The number of carboxylic acid groups (broad SMARTS) is 1. The predicted octanol–water partition coefficient (Wildman–Crippen LogP) is 2.41. The van der Waals surface area contributed by atoms with Gasteiger partial charge in [-0.25, -0.2) is 4.68 Å². The molecule has 0 spiro atoms. The first-order chi connectivity index (χ1) is 11.3. The Hall–Kier alpha value is -2.63. The summed E-state index contributed by atoms with van der Waals surface area (Å²) < 4.78 is 1.75. The predicted molar refractivity (Wildman–Crippen MR) is 88.5 cm³/mol. The van der Waals surface area contributed by atoms with Gasteiger partial charge in [-0.15, -0.1) is 0 Å². The Balaban J connectivity index is 1.72. The highest BCUT2D eigenvalue weighted by Crippen LogP contribution is 2.58. The third-order valence-electron chi connectivity index (χ3n) is 4.87. The third-order valence-corrected chi connectivity index (χ3v) is 4.87. The monoisotopic (exact) mass is 327 g/mol. The molecule has 0 aliphatic heterocycles. The van der Waals surface area contributed by atoms with Crippen molar-refractivity contribution in [3.63, 3.8) is 0 Å². The lowest BCUT2D eigenvalue weighted by atomic mass is 10.1. The van der Waals surface area contributed by atoms with Crippen LogP contribution in [0.15, 0.2) is 42.7 Å². The number of aromatic nitrogens is 2. The largest absolute Gasteiger partial charge is 0.481 e. The van der Waals surface area contributed by atoms with Crippen molar-refractivity contribution in [2.45, 2.75) is 26.8 Å². The molecular weight excluding hydrogens is 306 g/mol. The molecule has 24 heavy (non-hydrogen) atoms. The zero-order chi connectivity index (χ0) is 17.5. The molecule has 0 saturated heterocycles. The van der Waals surface area contributed by atoms with E-state index in [-0.39, 0.29) is 11.9 Å². The van der Waals surface area contributed by atoms with E-state index in [0.717, 1.165) is 11.3 Å². The Kier molecular flexibility index (Phi) is 3.91. The summed E-state index contributed by atoms with van der Waals surface area (Å²) in [6.45, 7) is 5.53. The molecule has 1 aliphatic carbocycles. The van der Waals surface area contributed by atoms with Crippen molar-refractivity contribution >= 4 is 11.9 Å². The Labute approximate surface area is 140 Å². The molecule has 6 nitrogen and oxygen atoms in total. The van der Waals surface area contributed by atoms with Crippen molar-refractivity contribution in [1.29, 1.82) is 0 Å². The van der Waals surface area contributed by atoms with Gasteiger partial charge in [0.2, 0.25) is 5.91 Å². The first-order valence-corrected chi connectivity index (χ1v) is 7.95. The van der Waals surface area contributed by atoms with Gasteiger partial charge >= 0.3 is 5.97 Å². The summed E-state index contributed by atoms with van der Waals surface area (Å²) in [5.41, 5.74) is 1.36. The summed E-state index contributed by atoms with van der Waals surface area (Å²) >= 11 is 0. The zero-order valence-corrected chi connectivity index (χ0v) is 13.9. The van der Waals surface area contributed by atoms with Crippen LogP contribution in [0.5, 0.6) is 0 Å². The number of carbonyl (C=O) groups is 2. The van der Waals surface area contributed by atoms with Gasteiger partial charge in [0.05, 0.1) is 23.6 Å². The normalized spacial score (nSPS) is 22.6. The number of aliphatic carboxylic acids is 1. The molecule has 2 aromatic rings. The van der Waals surface area contributed by atoms with Crippen molar-refractivity contribution in [1.82, 2.24) is 15.1 Å². The SMILES string of the molecule is CC(NC(=O)[C@@H]1[C@H](C(=O)O)C1(C)C)c1cccc(-n2cccn2)c1. The van der Waals surface area contributed by atoms with Crippen LogP contribution < -0.4 is 5.32 Å². The summed E-state index contributed by atoms with van der Waals surface area (Å²) in [6, 6.07) is 9.39. The minimum atomic E-state index is -0.909. The van der Waals surface area contributed by atoms with Crippen molar-refractivity contribution in [2.75, 3.05) is 0 Å². The van der Waals surface area contributed by atoms with Crippen molar-refractivity contribution in [2.24, 2.45) is 17.3 Å². The van der Waals surface area contributed by atoms with Crippen molar-refractivity contribution < 1.29 is 14.7 Å². The molecule has 0 bridgehead atoms. The average molecular weight is 327 g/mol. The van der Waals surface area contributed by atoms with Crippen LogP contribution in [0.2, 0.25) is 0 Å². The Morgan fingerprint density at radius 1 is 1.29 bits per heavy atom. The van der Waals surface area contributed by atoms with E-state index in [0.29, 0.717) is 0 Å². The Morgan fingerprint density at radius 3 is 2.62 bits per heavy atom. The smallest absolute Gasteiger partial charge is 0.307 e. The number of benzene rings is 1. The fraction of sp³-hybridized carbons (Fsp3) is 0.389. The minimum absolute atomic E-state index is 0.204. The van der Waals surface area contributed by atoms with Gasteiger partial charge in [0.1, 0.15) is 0 Å². The lowest BCUT2D eigenvalue weighted by Gasteiger charge is -2.16. The molecule has 3 rings (SSSR count). The number of hydrogen-bond donors (Lipinski definition) is 2. The summed E-state index contributed by atoms with van der Waals surface area (Å²) in [6.07, 6.45) is 3.56. The highest BCUT2D eigenvalue weighted by atomic mass is 16.4. The molecule has 1 fully saturated rings. The second-order valence-electron chi connectivity index (χ2n) is 6.89. The van der Waals surface area contributed by atoms with Gasteiger partial charge < -0.3 is 10.4 Å². The van der Waals surface area contributed by atoms with E-state index in [1.807, 2.05) is 57.3 Å². The molecule has 1 saturated carbocycles. The molecule has 1 amide bonds. The summed E-state index contributed by atoms with van der Waals surface area (Å²) in [7, 11) is 0. The second kappa shape index (κ2) is 5.78. The molecular formula is C18H21N3O3. The molecule has 0 radical (unpaired) electrons. The van der Waals surface area contributed by atoms with Gasteiger partial charge in [0.25, 0.3) is 0 Å². The maximum absolute atomic E-state index is 12.4. The Bertz CT molecular complexity index is 768. The van der Waals surface area contributed by atoms with Gasteiger partial charge in [-0.1, -0.05) is 26.0 Å².